The Labute approximate surface area is 122 Å². The van der Waals surface area contributed by atoms with Crippen LogP contribution >= 0.6 is 11.6 Å². The van der Waals surface area contributed by atoms with Crippen molar-refractivity contribution in [3.05, 3.63) is 40.9 Å². The Bertz CT molecular complexity index is 520. The average Bonchev–Trinajstić information content (AvgIpc) is 3.21. The van der Waals surface area contributed by atoms with Gasteiger partial charge < -0.3 is 10.4 Å². The molecule has 1 aromatic carbocycles. The van der Waals surface area contributed by atoms with E-state index in [0.717, 1.165) is 18.4 Å². The van der Waals surface area contributed by atoms with Gasteiger partial charge in [0.05, 0.1) is 6.42 Å². The quantitative estimate of drug-likeness (QED) is 0.793. The molecule has 1 unspecified atom stereocenters. The molecule has 0 heterocycles. The molecular weight excluding hydrogens is 278 g/mol. The number of carbonyl (C=O) groups excluding carboxylic acids is 1. The predicted octanol–water partition coefficient (Wildman–Crippen LogP) is 2.72. The van der Waals surface area contributed by atoms with Crippen molar-refractivity contribution in [2.75, 3.05) is 0 Å². The molecule has 1 amide bonds. The smallest absolute Gasteiger partial charge is 0.305 e. The normalized spacial score (nSPS) is 16.1. The molecule has 0 aromatic heterocycles. The van der Waals surface area contributed by atoms with Crippen LogP contribution in [0.4, 0.5) is 0 Å². The third-order valence-electron chi connectivity index (χ3n) is 3.21. The topological polar surface area (TPSA) is 66.4 Å². The van der Waals surface area contributed by atoms with Gasteiger partial charge in [0.1, 0.15) is 0 Å². The molecule has 2 rings (SSSR count). The third-order valence-corrected chi connectivity index (χ3v) is 3.46. The second-order valence-corrected chi connectivity index (χ2v) is 5.37. The molecule has 1 atom stereocenters. The van der Waals surface area contributed by atoms with Gasteiger partial charge in [0.15, 0.2) is 0 Å². The van der Waals surface area contributed by atoms with E-state index in [0.29, 0.717) is 10.9 Å². The van der Waals surface area contributed by atoms with Crippen molar-refractivity contribution in [2.24, 2.45) is 5.92 Å². The van der Waals surface area contributed by atoms with Crippen molar-refractivity contribution in [3.63, 3.8) is 0 Å². The van der Waals surface area contributed by atoms with E-state index < -0.39 is 5.97 Å². The van der Waals surface area contributed by atoms with E-state index in [2.05, 4.69) is 5.32 Å². The number of halogens is 1. The highest BCUT2D eigenvalue weighted by molar-refractivity contribution is 6.30. The Morgan fingerprint density at radius 3 is 2.55 bits per heavy atom. The number of carboxylic acids is 1. The summed E-state index contributed by atoms with van der Waals surface area (Å²) in [5.41, 5.74) is 0.866. The van der Waals surface area contributed by atoms with Crippen molar-refractivity contribution < 1.29 is 14.7 Å². The summed E-state index contributed by atoms with van der Waals surface area (Å²) < 4.78 is 0. The number of nitrogens with one attached hydrogen (secondary N) is 1. The van der Waals surface area contributed by atoms with Gasteiger partial charge in [-0.1, -0.05) is 23.7 Å². The Morgan fingerprint density at radius 1 is 1.35 bits per heavy atom. The summed E-state index contributed by atoms with van der Waals surface area (Å²) in [6.45, 7) is 0. The summed E-state index contributed by atoms with van der Waals surface area (Å²) in [5.74, 6) is -0.846. The summed E-state index contributed by atoms with van der Waals surface area (Å²) in [5, 5.41) is 12.2. The number of hydrogen-bond donors (Lipinski definition) is 2. The fourth-order valence-electron chi connectivity index (χ4n) is 2.00. The van der Waals surface area contributed by atoms with E-state index >= 15 is 0 Å². The molecule has 1 saturated carbocycles. The van der Waals surface area contributed by atoms with Crippen molar-refractivity contribution in [1.29, 1.82) is 0 Å². The van der Waals surface area contributed by atoms with Crippen molar-refractivity contribution in [2.45, 2.75) is 25.3 Å². The van der Waals surface area contributed by atoms with Crippen LogP contribution in [0, 0.1) is 5.92 Å². The minimum Gasteiger partial charge on any atom is -0.481 e. The predicted molar refractivity (Wildman–Crippen MR) is 77.4 cm³/mol. The van der Waals surface area contributed by atoms with Crippen molar-refractivity contribution >= 4 is 29.6 Å². The molecule has 1 fully saturated rings. The number of benzene rings is 1. The molecule has 4 nitrogen and oxygen atoms in total. The lowest BCUT2D eigenvalue weighted by Crippen LogP contribution is -2.37. The van der Waals surface area contributed by atoms with Gasteiger partial charge >= 0.3 is 5.97 Å². The van der Waals surface area contributed by atoms with Gasteiger partial charge in [-0.05, 0) is 42.5 Å². The van der Waals surface area contributed by atoms with Gasteiger partial charge in [0.2, 0.25) is 5.91 Å². The second-order valence-electron chi connectivity index (χ2n) is 4.94. The van der Waals surface area contributed by atoms with Crippen LogP contribution < -0.4 is 5.32 Å². The highest BCUT2D eigenvalue weighted by atomic mass is 35.5. The van der Waals surface area contributed by atoms with Crippen molar-refractivity contribution in [3.8, 4) is 0 Å². The second kappa shape index (κ2) is 6.57. The number of aliphatic carboxylic acids is 1. The van der Waals surface area contributed by atoms with Crippen LogP contribution in [-0.2, 0) is 9.59 Å². The SMILES string of the molecule is O=C(O)CC(NC(=O)/C=C/c1ccc(Cl)cc1)C1CC1. The van der Waals surface area contributed by atoms with Crippen LogP contribution in [0.15, 0.2) is 30.3 Å². The maximum absolute atomic E-state index is 11.8. The van der Waals surface area contributed by atoms with E-state index in [-0.39, 0.29) is 18.4 Å². The number of rotatable bonds is 6. The van der Waals surface area contributed by atoms with Crippen molar-refractivity contribution in [1.82, 2.24) is 5.32 Å². The molecule has 1 aliphatic rings. The van der Waals surface area contributed by atoms with E-state index in [1.165, 1.54) is 6.08 Å². The lowest BCUT2D eigenvalue weighted by Gasteiger charge is -2.14. The summed E-state index contributed by atoms with van der Waals surface area (Å²) in [7, 11) is 0. The maximum Gasteiger partial charge on any atom is 0.305 e. The lowest BCUT2D eigenvalue weighted by molar-refractivity contribution is -0.137. The van der Waals surface area contributed by atoms with E-state index in [9.17, 15) is 9.59 Å². The molecular formula is C15H16ClNO3. The summed E-state index contributed by atoms with van der Waals surface area (Å²) in [4.78, 5) is 22.5. The highest BCUT2D eigenvalue weighted by Gasteiger charge is 2.33. The molecule has 0 bridgehead atoms. The lowest BCUT2D eigenvalue weighted by atomic mass is 10.1. The van der Waals surface area contributed by atoms with Crippen LogP contribution in [0.1, 0.15) is 24.8 Å². The first-order valence-corrected chi connectivity index (χ1v) is 6.88. The van der Waals surface area contributed by atoms with E-state index in [4.69, 9.17) is 16.7 Å². The molecule has 1 aliphatic carbocycles. The third kappa shape index (κ3) is 4.70. The fourth-order valence-corrected chi connectivity index (χ4v) is 2.12. The number of amides is 1. The number of carbonyl (C=O) groups is 2. The molecule has 0 spiro atoms. The highest BCUT2D eigenvalue weighted by Crippen LogP contribution is 2.34. The molecule has 5 heteroatoms. The van der Waals surface area contributed by atoms with Crippen LogP contribution in [0.2, 0.25) is 5.02 Å². The molecule has 0 radical (unpaired) electrons. The molecule has 0 aliphatic heterocycles. The van der Waals surface area contributed by atoms with Crippen LogP contribution in [0.3, 0.4) is 0 Å². The zero-order valence-corrected chi connectivity index (χ0v) is 11.6. The van der Waals surface area contributed by atoms with Gasteiger partial charge in [-0.25, -0.2) is 0 Å². The molecule has 106 valence electrons. The summed E-state index contributed by atoms with van der Waals surface area (Å²) >= 11 is 5.77. The van der Waals surface area contributed by atoms with E-state index in [1.54, 1.807) is 18.2 Å². The Balaban J connectivity index is 1.90. The van der Waals surface area contributed by atoms with Gasteiger partial charge in [-0.15, -0.1) is 0 Å². The number of carboxylic acid groups (broad SMARTS) is 1. The zero-order chi connectivity index (χ0) is 14.5. The monoisotopic (exact) mass is 293 g/mol. The van der Waals surface area contributed by atoms with Crippen LogP contribution in [0.5, 0.6) is 0 Å². The molecule has 2 N–H and O–H groups in total. The average molecular weight is 294 g/mol. The molecule has 1 aromatic rings. The maximum atomic E-state index is 11.8. The largest absolute Gasteiger partial charge is 0.481 e. The minimum absolute atomic E-state index is 0.0226. The Kier molecular flexibility index (Phi) is 4.79. The van der Waals surface area contributed by atoms with E-state index in [1.807, 2.05) is 12.1 Å². The first-order valence-electron chi connectivity index (χ1n) is 6.50. The minimum atomic E-state index is -0.885. The number of hydrogen-bond acceptors (Lipinski definition) is 2. The zero-order valence-electron chi connectivity index (χ0n) is 10.9. The fraction of sp³-hybridized carbons (Fsp3) is 0.333. The first-order chi connectivity index (χ1) is 9.54. The molecule has 0 saturated heterocycles. The molecule has 20 heavy (non-hydrogen) atoms. The first kappa shape index (κ1) is 14.6. The van der Waals surface area contributed by atoms with Gasteiger partial charge in [-0.2, -0.15) is 0 Å². The Morgan fingerprint density at radius 2 is 2.00 bits per heavy atom. The standard InChI is InChI=1S/C15H16ClNO3/c16-12-6-1-10(2-7-12)3-8-14(18)17-13(9-15(19)20)11-4-5-11/h1-3,6-8,11,13H,4-5,9H2,(H,17,18)(H,19,20)/b8-3+. The summed E-state index contributed by atoms with van der Waals surface area (Å²) in [6.07, 6.45) is 5.04. The van der Waals surface area contributed by atoms with Crippen LogP contribution in [0.25, 0.3) is 6.08 Å². The Hall–Kier alpha value is -1.81. The van der Waals surface area contributed by atoms with Gasteiger partial charge in [-0.3, -0.25) is 9.59 Å². The van der Waals surface area contributed by atoms with Gasteiger partial charge in [0, 0.05) is 17.1 Å². The van der Waals surface area contributed by atoms with Crippen LogP contribution in [-0.4, -0.2) is 23.0 Å². The van der Waals surface area contributed by atoms with Gasteiger partial charge in [0.25, 0.3) is 0 Å². The summed E-state index contributed by atoms with van der Waals surface area (Å²) in [6, 6.07) is 6.84.